The van der Waals surface area contributed by atoms with Crippen molar-refractivity contribution >= 4 is 10.1 Å². The highest BCUT2D eigenvalue weighted by molar-refractivity contribution is 7.86. The molecular formula is C11H10F17NO3S. The normalized spacial score (nSPS) is 19.5. The van der Waals surface area contributed by atoms with Gasteiger partial charge >= 0.3 is 39.7 Å². The zero-order valence-corrected chi connectivity index (χ0v) is 15.6. The summed E-state index contributed by atoms with van der Waals surface area (Å²) < 4.78 is 249. The van der Waals surface area contributed by atoms with Crippen LogP contribution in [0.4, 0.5) is 74.6 Å². The molecule has 0 aromatic heterocycles. The summed E-state index contributed by atoms with van der Waals surface area (Å²) in [6, 6.07) is 0. The van der Waals surface area contributed by atoms with Gasteiger partial charge in [0.15, 0.2) is 18.5 Å². The molecule has 0 bridgehead atoms. The summed E-state index contributed by atoms with van der Waals surface area (Å²) in [6.45, 7) is 0. The molecule has 5 unspecified atom stereocenters. The molecular weight excluding hydrogens is 549 g/mol. The maximum Gasteiger partial charge on any atom is 0.384 e. The van der Waals surface area contributed by atoms with E-state index in [1.54, 1.807) is 0 Å². The van der Waals surface area contributed by atoms with E-state index in [1.807, 2.05) is 0 Å². The Hall–Kier alpha value is -1.32. The Balaban J connectivity index is 0. The highest BCUT2D eigenvalue weighted by atomic mass is 32.2. The predicted molar refractivity (Wildman–Crippen MR) is 71.8 cm³/mol. The lowest BCUT2D eigenvalue weighted by Crippen LogP contribution is -2.71. The number of hydrogen-bond acceptors (Lipinski definition) is 3. The number of rotatable bonds is 11. The third-order valence-corrected chi connectivity index (χ3v) is 4.47. The average molecular weight is 559 g/mol. The molecule has 202 valence electrons. The molecule has 0 radical (unpaired) electrons. The minimum absolute atomic E-state index is 0. The van der Waals surface area contributed by atoms with Crippen molar-refractivity contribution in [3.8, 4) is 0 Å². The first-order valence-electron chi connectivity index (χ1n) is 7.08. The third-order valence-electron chi connectivity index (χ3n) is 3.65. The van der Waals surface area contributed by atoms with Gasteiger partial charge in [-0.05, 0) is 0 Å². The lowest BCUT2D eigenvalue weighted by atomic mass is 9.90. The van der Waals surface area contributed by atoms with Crippen LogP contribution in [-0.2, 0) is 10.1 Å². The quantitative estimate of drug-likeness (QED) is 0.272. The predicted octanol–water partition coefficient (Wildman–Crippen LogP) is 5.13. The molecule has 0 saturated heterocycles. The van der Waals surface area contributed by atoms with Crippen molar-refractivity contribution in [2.24, 2.45) is 0 Å². The van der Waals surface area contributed by atoms with Crippen molar-refractivity contribution < 1.29 is 87.6 Å². The van der Waals surface area contributed by atoms with Gasteiger partial charge in [0, 0.05) is 0 Å². The van der Waals surface area contributed by atoms with Gasteiger partial charge in [-0.1, -0.05) is 0 Å². The van der Waals surface area contributed by atoms with Gasteiger partial charge in [0.25, 0.3) is 11.9 Å². The van der Waals surface area contributed by atoms with Crippen molar-refractivity contribution in [1.29, 1.82) is 0 Å². The summed E-state index contributed by atoms with van der Waals surface area (Å²) in [6.07, 6.45) is -25.0. The zero-order chi connectivity index (χ0) is 26.5. The van der Waals surface area contributed by atoms with Crippen LogP contribution in [0, 0.1) is 0 Å². The van der Waals surface area contributed by atoms with E-state index >= 15 is 0 Å². The van der Waals surface area contributed by atoms with Crippen LogP contribution in [-0.4, -0.2) is 79.2 Å². The van der Waals surface area contributed by atoms with Crippen LogP contribution < -0.4 is 6.15 Å². The van der Waals surface area contributed by atoms with Gasteiger partial charge in [-0.3, -0.25) is 4.55 Å². The monoisotopic (exact) mass is 559 g/mol. The van der Waals surface area contributed by atoms with E-state index in [1.165, 1.54) is 0 Å². The standard InChI is InChI=1S/C11H7F17O3S.H3N/c12-1(3(14)5(16)17)2(13)4(15)7(19,20)9(23,24)11(27,28)10(25,26)8(21,22)6(18)32(29,30)31;/h1-6H,(H,29,30,31);1H3. The van der Waals surface area contributed by atoms with Crippen LogP contribution in [0.15, 0.2) is 0 Å². The van der Waals surface area contributed by atoms with Gasteiger partial charge in [-0.15, -0.1) is 0 Å². The van der Waals surface area contributed by atoms with Gasteiger partial charge in [0.05, 0.1) is 0 Å². The highest BCUT2D eigenvalue weighted by Gasteiger charge is 2.89. The summed E-state index contributed by atoms with van der Waals surface area (Å²) >= 11 is 0. The van der Waals surface area contributed by atoms with Crippen LogP contribution in [0.5, 0.6) is 0 Å². The fraction of sp³-hybridized carbons (Fsp3) is 1.00. The Morgan fingerprint density at radius 2 is 0.879 bits per heavy atom. The molecule has 22 heteroatoms. The van der Waals surface area contributed by atoms with E-state index in [9.17, 15) is 83.1 Å². The van der Waals surface area contributed by atoms with E-state index in [0.29, 0.717) is 0 Å². The zero-order valence-electron chi connectivity index (χ0n) is 14.8. The summed E-state index contributed by atoms with van der Waals surface area (Å²) in [5.74, 6) is -40.3. The molecule has 0 aliphatic carbocycles. The van der Waals surface area contributed by atoms with Crippen LogP contribution >= 0.6 is 0 Å². The first-order valence-corrected chi connectivity index (χ1v) is 8.58. The summed E-state index contributed by atoms with van der Waals surface area (Å²) in [4.78, 5) is 0. The lowest BCUT2D eigenvalue weighted by molar-refractivity contribution is -0.412. The molecule has 0 fully saturated rings. The van der Waals surface area contributed by atoms with Crippen molar-refractivity contribution in [2.75, 3.05) is 0 Å². The van der Waals surface area contributed by atoms with Gasteiger partial charge < -0.3 is 6.15 Å². The van der Waals surface area contributed by atoms with Crippen LogP contribution in [0.3, 0.4) is 0 Å². The van der Waals surface area contributed by atoms with E-state index in [4.69, 9.17) is 4.55 Å². The Kier molecular flexibility index (Phi) is 9.99. The molecule has 0 saturated carbocycles. The Bertz CT molecular complexity index is 759. The second kappa shape index (κ2) is 9.74. The Morgan fingerprint density at radius 1 is 0.545 bits per heavy atom. The molecule has 33 heavy (non-hydrogen) atoms. The fourth-order valence-electron chi connectivity index (χ4n) is 1.79. The second-order valence-corrected chi connectivity index (χ2v) is 7.31. The van der Waals surface area contributed by atoms with E-state index < -0.39 is 76.3 Å². The molecule has 0 rings (SSSR count). The lowest BCUT2D eigenvalue weighted by Gasteiger charge is -2.40. The number of halogens is 17. The fourth-order valence-corrected chi connectivity index (χ4v) is 2.32. The molecule has 0 aromatic rings. The van der Waals surface area contributed by atoms with Gasteiger partial charge in [-0.2, -0.15) is 52.3 Å². The maximum atomic E-state index is 13.4. The molecule has 4 N–H and O–H groups in total. The average Bonchev–Trinajstić information content (AvgIpc) is 2.63. The minimum atomic E-state index is -8.41. The molecule has 0 heterocycles. The number of alkyl halides is 17. The maximum absolute atomic E-state index is 13.4. The van der Waals surface area contributed by atoms with E-state index in [0.717, 1.165) is 0 Å². The Labute approximate surface area is 171 Å². The molecule has 0 amide bonds. The summed E-state index contributed by atoms with van der Waals surface area (Å²) in [5, 5.41) is 0. The second-order valence-electron chi connectivity index (χ2n) is 5.87. The molecule has 4 nitrogen and oxygen atoms in total. The SMILES string of the molecule is N.O=S(=O)(O)C(F)C(F)(F)C(F)(F)C(F)(F)C(F)(F)C(F)(F)C(F)C(F)C(F)C(F)C(F)F. The van der Waals surface area contributed by atoms with E-state index in [2.05, 4.69) is 0 Å². The van der Waals surface area contributed by atoms with Crippen LogP contribution in [0.25, 0.3) is 0 Å². The van der Waals surface area contributed by atoms with Gasteiger partial charge in [0.2, 0.25) is 6.17 Å². The molecule has 0 spiro atoms. The van der Waals surface area contributed by atoms with Crippen LogP contribution in [0.1, 0.15) is 0 Å². The first-order chi connectivity index (χ1) is 13.7. The summed E-state index contributed by atoms with van der Waals surface area (Å²) in [7, 11) is -7.10. The molecule has 0 aliphatic heterocycles. The minimum Gasteiger partial charge on any atom is -0.344 e. The first kappa shape index (κ1) is 33.9. The molecule has 0 aromatic carbocycles. The van der Waals surface area contributed by atoms with E-state index in [-0.39, 0.29) is 6.15 Å². The van der Waals surface area contributed by atoms with Crippen molar-refractivity contribution in [2.45, 2.75) is 66.2 Å². The molecule has 0 aliphatic rings. The topological polar surface area (TPSA) is 89.4 Å². The van der Waals surface area contributed by atoms with Crippen LogP contribution in [0.2, 0.25) is 0 Å². The van der Waals surface area contributed by atoms with Crippen molar-refractivity contribution in [3.05, 3.63) is 0 Å². The van der Waals surface area contributed by atoms with Gasteiger partial charge in [-0.25, -0.2) is 30.7 Å². The smallest absolute Gasteiger partial charge is 0.344 e. The third kappa shape index (κ3) is 5.35. The van der Waals surface area contributed by atoms with Crippen molar-refractivity contribution in [3.63, 3.8) is 0 Å². The summed E-state index contributed by atoms with van der Waals surface area (Å²) in [5.41, 5.74) is -5.86. The number of hydrogen-bond donors (Lipinski definition) is 2. The van der Waals surface area contributed by atoms with Crippen molar-refractivity contribution in [1.82, 2.24) is 6.15 Å². The highest BCUT2D eigenvalue weighted by Crippen LogP contribution is 2.59. The Morgan fingerprint density at radius 3 is 1.18 bits per heavy atom. The molecule has 5 atom stereocenters. The largest absolute Gasteiger partial charge is 0.384 e. The van der Waals surface area contributed by atoms with Gasteiger partial charge in [0.1, 0.15) is 0 Å².